The van der Waals surface area contributed by atoms with Gasteiger partial charge in [-0.15, -0.1) is 0 Å². The molecule has 0 spiro atoms. The van der Waals surface area contributed by atoms with Crippen molar-refractivity contribution in [2.45, 2.75) is 12.8 Å². The normalized spacial score (nSPS) is 14.4. The Bertz CT molecular complexity index is 186. The van der Waals surface area contributed by atoms with E-state index in [4.69, 9.17) is 9.90 Å². The zero-order valence-electron chi connectivity index (χ0n) is 6.49. The van der Waals surface area contributed by atoms with Crippen LogP contribution in [0.25, 0.3) is 0 Å². The zero-order chi connectivity index (χ0) is 9.56. The van der Waals surface area contributed by atoms with Crippen molar-refractivity contribution < 1.29 is 24.2 Å². The Hall–Kier alpha value is -1.59. The standard InChI is InChI=1S/C4H5NO2.C2H4O3/c6-3-1-2-4(7)5-3;1-5-2(3)4/h1-2H2,(H,5,6,7);1H3,(H,3,4). The Balaban J connectivity index is 0.000000217. The Kier molecular flexibility index (Phi) is 4.43. The lowest BCUT2D eigenvalue weighted by Gasteiger charge is -1.79. The van der Waals surface area contributed by atoms with Crippen molar-refractivity contribution in [3.05, 3.63) is 0 Å². The molecule has 1 aliphatic rings. The molecule has 0 saturated carbocycles. The minimum atomic E-state index is -1.25. The van der Waals surface area contributed by atoms with Crippen LogP contribution in [0.15, 0.2) is 0 Å². The number of methoxy groups -OCH3 is 1. The molecule has 1 rings (SSSR count). The van der Waals surface area contributed by atoms with Gasteiger partial charge in [0.2, 0.25) is 11.8 Å². The van der Waals surface area contributed by atoms with Gasteiger partial charge in [0.15, 0.2) is 0 Å². The van der Waals surface area contributed by atoms with Crippen LogP contribution in [0.1, 0.15) is 12.8 Å². The topological polar surface area (TPSA) is 92.7 Å². The molecule has 0 aromatic heterocycles. The van der Waals surface area contributed by atoms with Crippen LogP contribution < -0.4 is 5.32 Å². The van der Waals surface area contributed by atoms with Gasteiger partial charge in [-0.05, 0) is 0 Å². The first kappa shape index (κ1) is 10.4. The molecule has 0 aromatic rings. The Morgan fingerprint density at radius 2 is 1.75 bits per heavy atom. The first-order valence-electron chi connectivity index (χ1n) is 3.16. The highest BCUT2D eigenvalue weighted by atomic mass is 16.6. The summed E-state index contributed by atoms with van der Waals surface area (Å²) in [6.07, 6.45) is -0.498. The number of nitrogens with one attached hydrogen (secondary N) is 1. The number of carbonyl (C=O) groups is 3. The molecule has 68 valence electrons. The number of hydrogen-bond donors (Lipinski definition) is 2. The molecular formula is C6H9NO5. The average molecular weight is 175 g/mol. The summed E-state index contributed by atoms with van der Waals surface area (Å²) >= 11 is 0. The number of hydrogen-bond acceptors (Lipinski definition) is 4. The van der Waals surface area contributed by atoms with Gasteiger partial charge in [0.25, 0.3) is 0 Å². The Morgan fingerprint density at radius 3 is 1.83 bits per heavy atom. The third-order valence-electron chi connectivity index (χ3n) is 1.03. The Morgan fingerprint density at radius 1 is 1.42 bits per heavy atom. The van der Waals surface area contributed by atoms with E-state index in [1.807, 2.05) is 0 Å². The van der Waals surface area contributed by atoms with E-state index in [1.165, 1.54) is 0 Å². The summed E-state index contributed by atoms with van der Waals surface area (Å²) in [4.78, 5) is 29.4. The van der Waals surface area contributed by atoms with Crippen molar-refractivity contribution >= 4 is 18.0 Å². The highest BCUT2D eigenvalue weighted by Crippen LogP contribution is 1.95. The van der Waals surface area contributed by atoms with Crippen molar-refractivity contribution in [1.82, 2.24) is 5.32 Å². The fraction of sp³-hybridized carbons (Fsp3) is 0.500. The van der Waals surface area contributed by atoms with E-state index in [0.29, 0.717) is 12.8 Å². The molecule has 0 aromatic carbocycles. The SMILES string of the molecule is COC(=O)O.O=C1CCC(=O)N1. The van der Waals surface area contributed by atoms with Gasteiger partial charge < -0.3 is 9.84 Å². The Labute approximate surface area is 68.5 Å². The number of ether oxygens (including phenoxy) is 1. The van der Waals surface area contributed by atoms with Crippen LogP contribution >= 0.6 is 0 Å². The fourth-order valence-electron chi connectivity index (χ4n) is 0.508. The predicted molar refractivity (Wildman–Crippen MR) is 37.4 cm³/mol. The first-order valence-corrected chi connectivity index (χ1v) is 3.16. The number of carbonyl (C=O) groups excluding carboxylic acids is 2. The predicted octanol–water partition coefficient (Wildman–Crippen LogP) is -0.266. The molecule has 2 N–H and O–H groups in total. The lowest BCUT2D eigenvalue weighted by atomic mass is 10.4. The largest absolute Gasteiger partial charge is 0.505 e. The number of rotatable bonds is 0. The van der Waals surface area contributed by atoms with Gasteiger partial charge in [-0.25, -0.2) is 4.79 Å². The molecular weight excluding hydrogens is 166 g/mol. The molecule has 6 heteroatoms. The monoisotopic (exact) mass is 175 g/mol. The second-order valence-electron chi connectivity index (χ2n) is 1.94. The summed E-state index contributed by atoms with van der Waals surface area (Å²) in [6, 6.07) is 0. The maximum Gasteiger partial charge on any atom is 0.505 e. The molecule has 0 bridgehead atoms. The van der Waals surface area contributed by atoms with Gasteiger partial charge in [0, 0.05) is 12.8 Å². The number of imide groups is 1. The molecule has 2 amide bonds. The van der Waals surface area contributed by atoms with Crippen LogP contribution in [0.3, 0.4) is 0 Å². The zero-order valence-corrected chi connectivity index (χ0v) is 6.49. The first-order chi connectivity index (χ1) is 5.56. The maximum absolute atomic E-state index is 10.1. The lowest BCUT2D eigenvalue weighted by Crippen LogP contribution is -2.18. The van der Waals surface area contributed by atoms with E-state index in [0.717, 1.165) is 7.11 Å². The summed E-state index contributed by atoms with van der Waals surface area (Å²) in [6.45, 7) is 0. The quantitative estimate of drug-likeness (QED) is 0.390. The van der Waals surface area contributed by atoms with Gasteiger partial charge in [0.1, 0.15) is 0 Å². The highest BCUT2D eigenvalue weighted by Gasteiger charge is 2.15. The molecule has 0 atom stereocenters. The van der Waals surface area contributed by atoms with Crippen LogP contribution in [-0.4, -0.2) is 30.2 Å². The van der Waals surface area contributed by atoms with E-state index in [1.54, 1.807) is 0 Å². The van der Waals surface area contributed by atoms with Crippen molar-refractivity contribution in [1.29, 1.82) is 0 Å². The smallest absolute Gasteiger partial charge is 0.450 e. The summed E-state index contributed by atoms with van der Waals surface area (Å²) in [7, 11) is 1.10. The average Bonchev–Trinajstić information content (AvgIpc) is 2.36. The van der Waals surface area contributed by atoms with Gasteiger partial charge >= 0.3 is 6.16 Å². The maximum atomic E-state index is 10.1. The van der Waals surface area contributed by atoms with E-state index in [2.05, 4.69) is 10.1 Å². The molecule has 0 unspecified atom stereocenters. The van der Waals surface area contributed by atoms with Crippen molar-refractivity contribution in [3.8, 4) is 0 Å². The van der Waals surface area contributed by atoms with E-state index in [9.17, 15) is 9.59 Å². The second-order valence-corrected chi connectivity index (χ2v) is 1.94. The summed E-state index contributed by atoms with van der Waals surface area (Å²) in [5.74, 6) is -0.296. The van der Waals surface area contributed by atoms with Crippen molar-refractivity contribution in [3.63, 3.8) is 0 Å². The molecule has 12 heavy (non-hydrogen) atoms. The van der Waals surface area contributed by atoms with Gasteiger partial charge in [-0.3, -0.25) is 14.9 Å². The van der Waals surface area contributed by atoms with Crippen LogP contribution in [0.2, 0.25) is 0 Å². The number of carboxylic acid groups (broad SMARTS) is 1. The molecule has 0 radical (unpaired) electrons. The van der Waals surface area contributed by atoms with E-state index in [-0.39, 0.29) is 11.8 Å². The molecule has 0 aliphatic carbocycles. The third-order valence-corrected chi connectivity index (χ3v) is 1.03. The van der Waals surface area contributed by atoms with Crippen LogP contribution in [0.4, 0.5) is 4.79 Å². The second kappa shape index (κ2) is 5.11. The summed E-state index contributed by atoms with van der Waals surface area (Å²) < 4.78 is 3.67. The molecule has 1 aliphatic heterocycles. The molecule has 1 saturated heterocycles. The lowest BCUT2D eigenvalue weighted by molar-refractivity contribution is -0.124. The van der Waals surface area contributed by atoms with Crippen molar-refractivity contribution in [2.24, 2.45) is 0 Å². The molecule has 1 fully saturated rings. The van der Waals surface area contributed by atoms with Crippen LogP contribution in [0, 0.1) is 0 Å². The fourth-order valence-corrected chi connectivity index (χ4v) is 0.508. The third kappa shape index (κ3) is 5.21. The van der Waals surface area contributed by atoms with Crippen molar-refractivity contribution in [2.75, 3.05) is 7.11 Å². The summed E-state index contributed by atoms with van der Waals surface area (Å²) in [5, 5.41) is 9.64. The molecule has 6 nitrogen and oxygen atoms in total. The van der Waals surface area contributed by atoms with Gasteiger partial charge in [-0.1, -0.05) is 0 Å². The van der Waals surface area contributed by atoms with Crippen LogP contribution in [0.5, 0.6) is 0 Å². The van der Waals surface area contributed by atoms with E-state index >= 15 is 0 Å². The summed E-state index contributed by atoms with van der Waals surface area (Å²) in [5.41, 5.74) is 0. The number of amides is 2. The highest BCUT2D eigenvalue weighted by molar-refractivity contribution is 6.01. The van der Waals surface area contributed by atoms with Gasteiger partial charge in [-0.2, -0.15) is 0 Å². The van der Waals surface area contributed by atoms with Crippen LogP contribution in [-0.2, 0) is 14.3 Å². The van der Waals surface area contributed by atoms with Gasteiger partial charge in [0.05, 0.1) is 7.11 Å². The molecule has 1 heterocycles. The minimum Gasteiger partial charge on any atom is -0.450 e. The van der Waals surface area contributed by atoms with E-state index < -0.39 is 6.16 Å². The minimum absolute atomic E-state index is 0.148.